The van der Waals surface area contributed by atoms with E-state index in [4.69, 9.17) is 32.7 Å². The second kappa shape index (κ2) is 11.0. The lowest BCUT2D eigenvalue weighted by Gasteiger charge is -2.27. The van der Waals surface area contributed by atoms with Crippen LogP contribution in [0.3, 0.4) is 0 Å². The first-order valence-corrected chi connectivity index (χ1v) is 11.9. The van der Waals surface area contributed by atoms with Crippen molar-refractivity contribution in [3.8, 4) is 11.5 Å². The Balaban J connectivity index is 1.69. The van der Waals surface area contributed by atoms with Crippen molar-refractivity contribution in [3.63, 3.8) is 0 Å². The molecule has 1 N–H and O–H groups in total. The van der Waals surface area contributed by atoms with Gasteiger partial charge in [0.25, 0.3) is 11.8 Å². The van der Waals surface area contributed by atoms with E-state index >= 15 is 0 Å². The smallest absolute Gasteiger partial charge is 0.335 e. The van der Waals surface area contributed by atoms with Gasteiger partial charge in [0.2, 0.25) is 0 Å². The van der Waals surface area contributed by atoms with Crippen LogP contribution in [0, 0.1) is 12.7 Å². The maximum Gasteiger partial charge on any atom is 0.335 e. The number of nitrogens with zero attached hydrogens (tertiary/aromatic N) is 1. The number of barbiturate groups is 1. The average molecular weight is 543 g/mol. The van der Waals surface area contributed by atoms with Crippen LogP contribution in [0.5, 0.6) is 11.5 Å². The number of hydrogen-bond donors (Lipinski definition) is 1. The van der Waals surface area contributed by atoms with Crippen LogP contribution in [0.2, 0.25) is 10.0 Å². The summed E-state index contributed by atoms with van der Waals surface area (Å²) in [6.45, 7) is 3.64. The lowest BCUT2D eigenvalue weighted by atomic mass is 10.1. The van der Waals surface area contributed by atoms with E-state index in [1.165, 1.54) is 30.3 Å². The predicted molar refractivity (Wildman–Crippen MR) is 139 cm³/mol. The van der Waals surface area contributed by atoms with Gasteiger partial charge in [-0.3, -0.25) is 14.9 Å². The second-order valence-corrected chi connectivity index (χ2v) is 8.88. The molecule has 7 nitrogen and oxygen atoms in total. The number of carbonyl (C=O) groups excluding carboxylic acids is 3. The highest BCUT2D eigenvalue weighted by Gasteiger charge is 2.37. The van der Waals surface area contributed by atoms with Crippen LogP contribution in [0.15, 0.2) is 60.2 Å². The SMILES string of the molecule is CCOc1cc(/C=C2\C(=O)NC(=O)N(c3cc(Cl)ccc3C)C2=O)cc(Cl)c1OCc1ccccc1F. The van der Waals surface area contributed by atoms with Crippen LogP contribution < -0.4 is 19.7 Å². The summed E-state index contributed by atoms with van der Waals surface area (Å²) in [5.74, 6) is -1.69. The van der Waals surface area contributed by atoms with E-state index in [0.29, 0.717) is 21.7 Å². The Labute approximate surface area is 222 Å². The van der Waals surface area contributed by atoms with Crippen LogP contribution >= 0.6 is 23.2 Å². The first-order valence-electron chi connectivity index (χ1n) is 11.2. The van der Waals surface area contributed by atoms with E-state index in [1.54, 1.807) is 44.2 Å². The van der Waals surface area contributed by atoms with Crippen molar-refractivity contribution in [2.24, 2.45) is 0 Å². The monoisotopic (exact) mass is 542 g/mol. The summed E-state index contributed by atoms with van der Waals surface area (Å²) in [6.07, 6.45) is 1.30. The average Bonchev–Trinajstić information content (AvgIpc) is 2.84. The highest BCUT2D eigenvalue weighted by molar-refractivity contribution is 6.40. The van der Waals surface area contributed by atoms with Gasteiger partial charge in [-0.05, 0) is 61.4 Å². The Hall–Kier alpha value is -3.88. The fourth-order valence-electron chi connectivity index (χ4n) is 3.71. The van der Waals surface area contributed by atoms with Gasteiger partial charge in [-0.2, -0.15) is 0 Å². The highest BCUT2D eigenvalue weighted by Crippen LogP contribution is 2.38. The normalized spacial score (nSPS) is 14.7. The van der Waals surface area contributed by atoms with E-state index in [2.05, 4.69) is 5.32 Å². The molecular weight excluding hydrogens is 522 g/mol. The third kappa shape index (κ3) is 5.60. The number of benzene rings is 3. The molecule has 1 heterocycles. The van der Waals surface area contributed by atoms with Crippen molar-refractivity contribution in [1.82, 2.24) is 5.32 Å². The topological polar surface area (TPSA) is 84.9 Å². The Morgan fingerprint density at radius 3 is 2.51 bits per heavy atom. The van der Waals surface area contributed by atoms with E-state index < -0.39 is 23.7 Å². The van der Waals surface area contributed by atoms with Crippen LogP contribution in [-0.2, 0) is 16.2 Å². The number of aryl methyl sites for hydroxylation is 1. The third-order valence-corrected chi connectivity index (χ3v) is 6.00. The Kier molecular flexibility index (Phi) is 7.80. The van der Waals surface area contributed by atoms with Gasteiger partial charge in [-0.1, -0.05) is 47.5 Å². The molecule has 1 fully saturated rings. The van der Waals surface area contributed by atoms with Crippen LogP contribution in [-0.4, -0.2) is 24.5 Å². The van der Waals surface area contributed by atoms with Gasteiger partial charge in [0.05, 0.1) is 17.3 Å². The molecule has 0 radical (unpaired) electrons. The number of hydrogen-bond acceptors (Lipinski definition) is 5. The van der Waals surface area contributed by atoms with Gasteiger partial charge in [0, 0.05) is 10.6 Å². The van der Waals surface area contributed by atoms with Gasteiger partial charge in [-0.25, -0.2) is 14.1 Å². The minimum Gasteiger partial charge on any atom is -0.490 e. The summed E-state index contributed by atoms with van der Waals surface area (Å²) < 4.78 is 25.4. The first kappa shape index (κ1) is 26.2. The van der Waals surface area contributed by atoms with Crippen molar-refractivity contribution in [2.75, 3.05) is 11.5 Å². The Morgan fingerprint density at radius 2 is 1.78 bits per heavy atom. The second-order valence-electron chi connectivity index (χ2n) is 8.03. The molecule has 1 aliphatic heterocycles. The van der Waals surface area contributed by atoms with Crippen LogP contribution in [0.25, 0.3) is 6.08 Å². The molecule has 0 unspecified atom stereocenters. The van der Waals surface area contributed by atoms with E-state index in [0.717, 1.165) is 4.90 Å². The quantitative estimate of drug-likeness (QED) is 0.288. The number of nitrogens with one attached hydrogen (secondary N) is 1. The van der Waals surface area contributed by atoms with Crippen molar-refractivity contribution >= 4 is 52.8 Å². The van der Waals surface area contributed by atoms with Gasteiger partial charge >= 0.3 is 6.03 Å². The number of carbonyl (C=O) groups is 3. The number of anilines is 1. The number of amides is 4. The summed E-state index contributed by atoms with van der Waals surface area (Å²) in [5.41, 5.74) is 1.25. The molecule has 0 bridgehead atoms. The largest absolute Gasteiger partial charge is 0.490 e. The highest BCUT2D eigenvalue weighted by atomic mass is 35.5. The number of halogens is 3. The molecule has 4 amide bonds. The summed E-state index contributed by atoms with van der Waals surface area (Å²) >= 11 is 12.5. The Morgan fingerprint density at radius 1 is 1.03 bits per heavy atom. The van der Waals surface area contributed by atoms with E-state index in [-0.39, 0.29) is 41.0 Å². The van der Waals surface area contributed by atoms with Crippen molar-refractivity contribution in [3.05, 3.63) is 92.7 Å². The maximum absolute atomic E-state index is 14.0. The summed E-state index contributed by atoms with van der Waals surface area (Å²) in [4.78, 5) is 39.3. The molecular formula is C27H21Cl2FN2O5. The van der Waals surface area contributed by atoms with Crippen molar-refractivity contribution < 1.29 is 28.2 Å². The molecule has 10 heteroatoms. The summed E-state index contributed by atoms with van der Waals surface area (Å²) in [6, 6.07) is 13.0. The molecule has 0 spiro atoms. The summed E-state index contributed by atoms with van der Waals surface area (Å²) in [5, 5.41) is 2.62. The van der Waals surface area contributed by atoms with Gasteiger partial charge in [-0.15, -0.1) is 0 Å². The molecule has 3 aromatic carbocycles. The fraction of sp³-hybridized carbons (Fsp3) is 0.148. The number of imide groups is 2. The van der Waals surface area contributed by atoms with Crippen molar-refractivity contribution in [1.29, 1.82) is 0 Å². The number of rotatable bonds is 7. The molecule has 0 aliphatic carbocycles. The standard InChI is InChI=1S/C27H21Cl2FN2O5/c1-3-36-23-12-16(11-20(29)24(23)37-14-17-6-4-5-7-21(17)30)10-19-25(33)31-27(35)32(26(19)34)22-13-18(28)9-8-15(22)2/h4-13H,3,14H2,1-2H3,(H,31,33,35)/b19-10+. The van der Waals surface area contributed by atoms with Crippen LogP contribution in [0.4, 0.5) is 14.9 Å². The first-order chi connectivity index (χ1) is 17.7. The summed E-state index contributed by atoms with van der Waals surface area (Å²) in [7, 11) is 0. The molecule has 1 aliphatic rings. The van der Waals surface area contributed by atoms with E-state index in [9.17, 15) is 18.8 Å². The minimum atomic E-state index is -0.887. The third-order valence-electron chi connectivity index (χ3n) is 5.49. The molecule has 1 saturated heterocycles. The fourth-order valence-corrected chi connectivity index (χ4v) is 4.15. The number of urea groups is 1. The molecule has 190 valence electrons. The maximum atomic E-state index is 14.0. The lowest BCUT2D eigenvalue weighted by molar-refractivity contribution is -0.122. The van der Waals surface area contributed by atoms with Crippen LogP contribution in [0.1, 0.15) is 23.6 Å². The minimum absolute atomic E-state index is 0.0934. The van der Waals surface area contributed by atoms with Crippen molar-refractivity contribution in [2.45, 2.75) is 20.5 Å². The zero-order valence-electron chi connectivity index (χ0n) is 19.8. The van der Waals surface area contributed by atoms with Gasteiger partial charge in [0.1, 0.15) is 18.0 Å². The predicted octanol–water partition coefficient (Wildman–Crippen LogP) is 6.09. The zero-order chi connectivity index (χ0) is 26.7. The van der Waals surface area contributed by atoms with Gasteiger partial charge in [0.15, 0.2) is 11.5 Å². The lowest BCUT2D eigenvalue weighted by Crippen LogP contribution is -2.54. The molecule has 0 saturated carbocycles. The van der Waals surface area contributed by atoms with E-state index in [1.807, 2.05) is 0 Å². The molecule has 0 atom stereocenters. The molecule has 37 heavy (non-hydrogen) atoms. The van der Waals surface area contributed by atoms with Gasteiger partial charge < -0.3 is 9.47 Å². The zero-order valence-corrected chi connectivity index (χ0v) is 21.3. The molecule has 3 aromatic rings. The Bertz CT molecular complexity index is 1440. The molecule has 0 aromatic heterocycles. The number of ether oxygens (including phenoxy) is 2. The molecule has 4 rings (SSSR count).